The Labute approximate surface area is 103 Å². The van der Waals surface area contributed by atoms with Gasteiger partial charge in [0.25, 0.3) is 5.89 Å². The maximum atomic E-state index is 5.12. The van der Waals surface area contributed by atoms with E-state index in [1.54, 1.807) is 18.4 Å². The molecular formula is C13H22N2O2. The molecule has 0 saturated heterocycles. The first-order valence-electron chi connectivity index (χ1n) is 6.15. The van der Waals surface area contributed by atoms with Crippen molar-refractivity contribution in [3.05, 3.63) is 24.2 Å². The fraction of sp³-hybridized carbons (Fsp3) is 0.538. The highest BCUT2D eigenvalue weighted by Crippen LogP contribution is 2.19. The largest absolute Gasteiger partial charge is 0.459 e. The zero-order chi connectivity index (χ0) is 13.3. The molecule has 4 nitrogen and oxygen atoms in total. The minimum absolute atomic E-state index is 0.271. The fourth-order valence-corrected chi connectivity index (χ4v) is 0.970. The SMILES string of the molecule is CC.CC.CC(C)c1noc(-c2ccco2)n1. The molecule has 17 heavy (non-hydrogen) atoms. The topological polar surface area (TPSA) is 52.1 Å². The number of hydrogen-bond acceptors (Lipinski definition) is 4. The van der Waals surface area contributed by atoms with Crippen molar-refractivity contribution in [1.29, 1.82) is 0 Å². The predicted octanol–water partition coefficient (Wildman–Crippen LogP) is 4.51. The van der Waals surface area contributed by atoms with Gasteiger partial charge in [0.15, 0.2) is 11.6 Å². The van der Waals surface area contributed by atoms with Crippen molar-refractivity contribution in [2.75, 3.05) is 0 Å². The molecule has 2 aromatic rings. The second-order valence-electron chi connectivity index (χ2n) is 3.09. The van der Waals surface area contributed by atoms with Gasteiger partial charge >= 0.3 is 0 Å². The van der Waals surface area contributed by atoms with Gasteiger partial charge in [-0.3, -0.25) is 0 Å². The van der Waals surface area contributed by atoms with Crippen LogP contribution >= 0.6 is 0 Å². The highest BCUT2D eigenvalue weighted by Gasteiger charge is 2.12. The molecule has 0 spiro atoms. The average molecular weight is 238 g/mol. The van der Waals surface area contributed by atoms with E-state index in [1.165, 1.54) is 0 Å². The smallest absolute Gasteiger partial charge is 0.293 e. The Morgan fingerprint density at radius 3 is 2.18 bits per heavy atom. The van der Waals surface area contributed by atoms with E-state index in [4.69, 9.17) is 8.94 Å². The molecule has 4 heteroatoms. The van der Waals surface area contributed by atoms with Gasteiger partial charge in [0.2, 0.25) is 0 Å². The molecule has 2 aromatic heterocycles. The Hall–Kier alpha value is -1.58. The molecule has 0 aliphatic rings. The summed E-state index contributed by atoms with van der Waals surface area (Å²) in [5.41, 5.74) is 0. The summed E-state index contributed by atoms with van der Waals surface area (Å²) in [6, 6.07) is 3.58. The summed E-state index contributed by atoms with van der Waals surface area (Å²) < 4.78 is 10.1. The Bertz CT molecular complexity index is 378. The van der Waals surface area contributed by atoms with Crippen molar-refractivity contribution >= 4 is 0 Å². The molecule has 0 aliphatic carbocycles. The Morgan fingerprint density at radius 2 is 1.76 bits per heavy atom. The summed E-state index contributed by atoms with van der Waals surface area (Å²) in [7, 11) is 0. The van der Waals surface area contributed by atoms with Gasteiger partial charge in [-0.1, -0.05) is 46.7 Å². The lowest BCUT2D eigenvalue weighted by Crippen LogP contribution is -1.88. The van der Waals surface area contributed by atoms with Crippen molar-refractivity contribution in [3.63, 3.8) is 0 Å². The fourth-order valence-electron chi connectivity index (χ4n) is 0.970. The van der Waals surface area contributed by atoms with Crippen molar-refractivity contribution in [3.8, 4) is 11.7 Å². The van der Waals surface area contributed by atoms with Crippen LogP contribution in [0.2, 0.25) is 0 Å². The van der Waals surface area contributed by atoms with Crippen LogP contribution in [0.3, 0.4) is 0 Å². The number of furan rings is 1. The molecule has 0 unspecified atom stereocenters. The number of hydrogen-bond donors (Lipinski definition) is 0. The second-order valence-corrected chi connectivity index (χ2v) is 3.09. The van der Waals surface area contributed by atoms with Crippen LogP contribution in [0.4, 0.5) is 0 Å². The molecule has 0 aromatic carbocycles. The first-order chi connectivity index (χ1) is 8.27. The van der Waals surface area contributed by atoms with Crippen molar-refractivity contribution in [2.45, 2.75) is 47.5 Å². The Balaban J connectivity index is 0.000000581. The van der Waals surface area contributed by atoms with Crippen LogP contribution in [0, 0.1) is 0 Å². The molecule has 2 heterocycles. The van der Waals surface area contributed by atoms with E-state index in [1.807, 2.05) is 41.5 Å². The summed E-state index contributed by atoms with van der Waals surface area (Å²) in [5, 5.41) is 3.83. The first kappa shape index (κ1) is 15.4. The third-order valence-corrected chi connectivity index (χ3v) is 1.69. The van der Waals surface area contributed by atoms with Gasteiger partial charge in [-0.25, -0.2) is 0 Å². The van der Waals surface area contributed by atoms with Gasteiger partial charge < -0.3 is 8.94 Å². The lowest BCUT2D eigenvalue weighted by atomic mass is 10.2. The first-order valence-corrected chi connectivity index (χ1v) is 6.15. The third-order valence-electron chi connectivity index (χ3n) is 1.69. The summed E-state index contributed by atoms with van der Waals surface area (Å²) in [5.74, 6) is 2.02. The van der Waals surface area contributed by atoms with Gasteiger partial charge in [0.1, 0.15) is 0 Å². The van der Waals surface area contributed by atoms with E-state index in [2.05, 4.69) is 10.1 Å². The number of rotatable bonds is 2. The molecule has 2 rings (SSSR count). The molecule has 0 saturated carbocycles. The maximum Gasteiger partial charge on any atom is 0.293 e. The van der Waals surface area contributed by atoms with Crippen LogP contribution < -0.4 is 0 Å². The predicted molar refractivity (Wildman–Crippen MR) is 68.8 cm³/mol. The molecule has 0 aliphatic heterocycles. The Kier molecular flexibility index (Phi) is 7.76. The van der Waals surface area contributed by atoms with Crippen LogP contribution in [-0.4, -0.2) is 10.1 Å². The van der Waals surface area contributed by atoms with Gasteiger partial charge in [-0.05, 0) is 12.1 Å². The summed E-state index contributed by atoms with van der Waals surface area (Å²) in [6.07, 6.45) is 1.58. The summed E-state index contributed by atoms with van der Waals surface area (Å²) in [4.78, 5) is 4.18. The minimum atomic E-state index is 0.271. The highest BCUT2D eigenvalue weighted by atomic mass is 16.5. The maximum absolute atomic E-state index is 5.12. The molecule has 96 valence electrons. The molecule has 0 atom stereocenters. The Morgan fingerprint density at radius 1 is 1.12 bits per heavy atom. The van der Waals surface area contributed by atoms with Gasteiger partial charge in [0.05, 0.1) is 6.26 Å². The normalized spacial score (nSPS) is 9.12. The van der Waals surface area contributed by atoms with Crippen LogP contribution in [0.1, 0.15) is 53.3 Å². The molecule has 0 bridgehead atoms. The number of aromatic nitrogens is 2. The molecular weight excluding hydrogens is 216 g/mol. The second kappa shape index (κ2) is 8.56. The van der Waals surface area contributed by atoms with Crippen molar-refractivity contribution in [1.82, 2.24) is 10.1 Å². The lowest BCUT2D eigenvalue weighted by molar-refractivity contribution is 0.406. The summed E-state index contributed by atoms with van der Waals surface area (Å²) >= 11 is 0. The molecule has 0 N–H and O–H groups in total. The van der Waals surface area contributed by atoms with E-state index in [0.717, 1.165) is 0 Å². The summed E-state index contributed by atoms with van der Waals surface area (Å²) in [6.45, 7) is 12.0. The monoisotopic (exact) mass is 238 g/mol. The van der Waals surface area contributed by atoms with Gasteiger partial charge in [0, 0.05) is 5.92 Å². The molecule has 0 radical (unpaired) electrons. The van der Waals surface area contributed by atoms with E-state index in [-0.39, 0.29) is 5.92 Å². The van der Waals surface area contributed by atoms with Crippen LogP contribution in [0.15, 0.2) is 27.3 Å². The average Bonchev–Trinajstić information content (AvgIpc) is 3.05. The zero-order valence-corrected chi connectivity index (χ0v) is 11.5. The van der Waals surface area contributed by atoms with E-state index in [9.17, 15) is 0 Å². The van der Waals surface area contributed by atoms with E-state index in [0.29, 0.717) is 17.5 Å². The van der Waals surface area contributed by atoms with Crippen molar-refractivity contribution in [2.24, 2.45) is 0 Å². The molecule has 0 fully saturated rings. The van der Waals surface area contributed by atoms with Crippen molar-refractivity contribution < 1.29 is 8.94 Å². The third kappa shape index (κ3) is 4.43. The van der Waals surface area contributed by atoms with Crippen LogP contribution in [0.25, 0.3) is 11.7 Å². The van der Waals surface area contributed by atoms with E-state index < -0.39 is 0 Å². The van der Waals surface area contributed by atoms with Crippen LogP contribution in [-0.2, 0) is 0 Å². The number of nitrogens with zero attached hydrogens (tertiary/aromatic N) is 2. The zero-order valence-electron chi connectivity index (χ0n) is 11.5. The van der Waals surface area contributed by atoms with Crippen LogP contribution in [0.5, 0.6) is 0 Å². The van der Waals surface area contributed by atoms with Gasteiger partial charge in [-0.15, -0.1) is 0 Å². The van der Waals surface area contributed by atoms with E-state index >= 15 is 0 Å². The molecule has 0 amide bonds. The lowest BCUT2D eigenvalue weighted by Gasteiger charge is -1.91. The standard InChI is InChI=1S/C9H10N2O2.2C2H6/c1-6(2)8-10-9(13-11-8)7-4-3-5-12-7;2*1-2/h3-6H,1-2H3;2*1-2H3. The quantitative estimate of drug-likeness (QED) is 0.772. The minimum Gasteiger partial charge on any atom is -0.459 e. The highest BCUT2D eigenvalue weighted by molar-refractivity contribution is 5.42. The van der Waals surface area contributed by atoms with Gasteiger partial charge in [-0.2, -0.15) is 4.98 Å².